The number of carbonyl (C=O) groups excluding carboxylic acids is 1. The normalized spacial score (nSPS) is 13.7. The molecule has 28 heavy (non-hydrogen) atoms. The summed E-state index contributed by atoms with van der Waals surface area (Å²) in [5.74, 6) is 0.414. The first-order chi connectivity index (χ1) is 13.4. The lowest BCUT2D eigenvalue weighted by Crippen LogP contribution is -3.06. The van der Waals surface area contributed by atoms with Gasteiger partial charge in [-0.05, 0) is 17.7 Å². The molecule has 0 unspecified atom stereocenters. The molecule has 1 atom stereocenters. The van der Waals surface area contributed by atoms with E-state index in [4.69, 9.17) is 9.47 Å². The number of nitro groups is 1. The van der Waals surface area contributed by atoms with Crippen LogP contribution in [0.5, 0.6) is 11.5 Å². The molecule has 0 radical (unpaired) electrons. The number of quaternary nitrogens is 1. The fourth-order valence-electron chi connectivity index (χ4n) is 2.97. The Morgan fingerprint density at radius 2 is 1.93 bits per heavy atom. The maximum Gasteiger partial charge on any atom is 0.280 e. The van der Waals surface area contributed by atoms with E-state index in [-0.39, 0.29) is 30.0 Å². The van der Waals surface area contributed by atoms with E-state index >= 15 is 0 Å². The average Bonchev–Trinajstić information content (AvgIpc) is 3.12. The van der Waals surface area contributed by atoms with Gasteiger partial charge in [-0.15, -0.1) is 0 Å². The Morgan fingerprint density at radius 3 is 2.57 bits per heavy atom. The molecule has 2 aromatic rings. The number of carbonyl (C=O) groups is 1. The van der Waals surface area contributed by atoms with E-state index in [9.17, 15) is 14.9 Å². The summed E-state index contributed by atoms with van der Waals surface area (Å²) in [4.78, 5) is 24.5. The molecular weight excluding hydrogens is 362 g/mol. The second kappa shape index (κ2) is 8.53. The molecule has 2 aromatic carbocycles. The van der Waals surface area contributed by atoms with Crippen molar-refractivity contribution in [3.63, 3.8) is 0 Å². The van der Waals surface area contributed by atoms with Crippen LogP contribution >= 0.6 is 0 Å². The summed E-state index contributed by atoms with van der Waals surface area (Å²) in [6.07, 6.45) is 2.71. The van der Waals surface area contributed by atoms with Crippen molar-refractivity contribution >= 4 is 17.7 Å². The van der Waals surface area contributed by atoms with E-state index in [2.05, 4.69) is 5.32 Å². The summed E-state index contributed by atoms with van der Waals surface area (Å²) in [5.41, 5.74) is 1.13. The minimum Gasteiger partial charge on any atom is -0.454 e. The predicted molar refractivity (Wildman–Crippen MR) is 103 cm³/mol. The van der Waals surface area contributed by atoms with Crippen LogP contribution in [0.3, 0.4) is 0 Å². The average molecular weight is 384 g/mol. The lowest BCUT2D eigenvalue weighted by Gasteiger charge is -2.20. The van der Waals surface area contributed by atoms with Gasteiger partial charge < -0.3 is 19.7 Å². The largest absolute Gasteiger partial charge is 0.454 e. The standard InChI is InChI=1S/C20H21N3O5/c1-22(2)12-16(14-6-4-3-5-7-14)21-20(24)9-8-15-10-18-19(28-13-27-18)11-17(15)23(25)26/h3-11,16H,12-13H2,1-2H3,(H,21,24)/p+1/b9-8+/t16-/m0/s1. The number of nitro benzene ring substituents is 1. The highest BCUT2D eigenvalue weighted by Crippen LogP contribution is 2.38. The monoisotopic (exact) mass is 384 g/mol. The highest BCUT2D eigenvalue weighted by atomic mass is 16.7. The molecule has 0 saturated heterocycles. The van der Waals surface area contributed by atoms with Gasteiger partial charge in [0.1, 0.15) is 12.6 Å². The number of nitrogens with zero attached hydrogens (tertiary/aromatic N) is 1. The van der Waals surface area contributed by atoms with Crippen molar-refractivity contribution in [2.75, 3.05) is 27.4 Å². The van der Waals surface area contributed by atoms with Crippen molar-refractivity contribution < 1.29 is 24.1 Å². The van der Waals surface area contributed by atoms with Crippen LogP contribution in [0.15, 0.2) is 48.5 Å². The fraction of sp³-hybridized carbons (Fsp3) is 0.250. The molecule has 0 saturated carbocycles. The maximum absolute atomic E-state index is 12.5. The third kappa shape index (κ3) is 4.66. The van der Waals surface area contributed by atoms with E-state index in [1.807, 2.05) is 44.4 Å². The summed E-state index contributed by atoms with van der Waals surface area (Å²) in [6.45, 7) is 0.722. The topological polar surface area (TPSA) is 95.1 Å². The molecule has 0 spiro atoms. The second-order valence-electron chi connectivity index (χ2n) is 6.74. The van der Waals surface area contributed by atoms with Crippen LogP contribution in [-0.2, 0) is 4.79 Å². The molecule has 0 aliphatic carbocycles. The molecule has 0 fully saturated rings. The Labute approximate surface area is 162 Å². The number of ether oxygens (including phenoxy) is 2. The fourth-order valence-corrected chi connectivity index (χ4v) is 2.97. The number of benzene rings is 2. The third-order valence-corrected chi connectivity index (χ3v) is 4.26. The molecule has 2 N–H and O–H groups in total. The van der Waals surface area contributed by atoms with Gasteiger partial charge in [-0.1, -0.05) is 30.3 Å². The smallest absolute Gasteiger partial charge is 0.280 e. The summed E-state index contributed by atoms with van der Waals surface area (Å²) in [7, 11) is 4.02. The minimum atomic E-state index is -0.512. The quantitative estimate of drug-likeness (QED) is 0.427. The highest BCUT2D eigenvalue weighted by Gasteiger charge is 2.22. The van der Waals surface area contributed by atoms with Crippen molar-refractivity contribution in [1.82, 2.24) is 5.32 Å². The summed E-state index contributed by atoms with van der Waals surface area (Å²) < 4.78 is 10.4. The van der Waals surface area contributed by atoms with Crippen molar-refractivity contribution in [2.24, 2.45) is 0 Å². The van der Waals surface area contributed by atoms with E-state index in [0.29, 0.717) is 18.0 Å². The summed E-state index contributed by atoms with van der Waals surface area (Å²) in [5, 5.41) is 14.3. The van der Waals surface area contributed by atoms with Crippen molar-refractivity contribution in [3.05, 3.63) is 69.8 Å². The zero-order valence-corrected chi connectivity index (χ0v) is 15.7. The highest BCUT2D eigenvalue weighted by molar-refractivity contribution is 5.92. The Hall–Kier alpha value is -3.39. The molecule has 1 heterocycles. The van der Waals surface area contributed by atoms with Gasteiger partial charge in [-0.2, -0.15) is 0 Å². The molecule has 8 heteroatoms. The maximum atomic E-state index is 12.5. The van der Waals surface area contributed by atoms with Gasteiger partial charge in [0.05, 0.1) is 30.6 Å². The lowest BCUT2D eigenvalue weighted by molar-refractivity contribution is -0.860. The van der Waals surface area contributed by atoms with Crippen LogP contribution < -0.4 is 19.7 Å². The number of amides is 1. The van der Waals surface area contributed by atoms with E-state index in [1.54, 1.807) is 0 Å². The molecule has 8 nitrogen and oxygen atoms in total. The lowest BCUT2D eigenvalue weighted by atomic mass is 10.1. The Bertz CT molecular complexity index is 896. The SMILES string of the molecule is C[NH+](C)C[C@H](NC(=O)/C=C/c1cc2c(cc1[N+](=O)[O-])OCO2)c1ccccc1. The van der Waals surface area contributed by atoms with Crippen LogP contribution in [-0.4, -0.2) is 38.3 Å². The second-order valence-corrected chi connectivity index (χ2v) is 6.74. The Balaban J connectivity index is 1.78. The third-order valence-electron chi connectivity index (χ3n) is 4.26. The number of hydrogen-bond donors (Lipinski definition) is 2. The van der Waals surface area contributed by atoms with Gasteiger partial charge in [0.2, 0.25) is 12.7 Å². The van der Waals surface area contributed by atoms with Gasteiger partial charge in [0, 0.05) is 6.08 Å². The number of rotatable bonds is 7. The molecule has 1 aliphatic heterocycles. The first kappa shape index (κ1) is 19.4. The van der Waals surface area contributed by atoms with Gasteiger partial charge in [0.15, 0.2) is 11.5 Å². The van der Waals surface area contributed by atoms with Gasteiger partial charge in [0.25, 0.3) is 5.69 Å². The molecular formula is C20H22N3O5+. The van der Waals surface area contributed by atoms with Gasteiger partial charge in [-0.25, -0.2) is 0 Å². The molecule has 0 bridgehead atoms. The van der Waals surface area contributed by atoms with Gasteiger partial charge >= 0.3 is 0 Å². The van der Waals surface area contributed by atoms with Gasteiger partial charge in [-0.3, -0.25) is 14.9 Å². The zero-order chi connectivity index (χ0) is 20.1. The Morgan fingerprint density at radius 1 is 1.25 bits per heavy atom. The zero-order valence-electron chi connectivity index (χ0n) is 15.7. The molecule has 0 aromatic heterocycles. The van der Waals surface area contributed by atoms with Crippen LogP contribution in [0, 0.1) is 10.1 Å². The van der Waals surface area contributed by atoms with Crippen LogP contribution in [0.4, 0.5) is 5.69 Å². The van der Waals surface area contributed by atoms with E-state index < -0.39 is 4.92 Å². The summed E-state index contributed by atoms with van der Waals surface area (Å²) >= 11 is 0. The molecule has 1 aliphatic rings. The van der Waals surface area contributed by atoms with Crippen LogP contribution in [0.25, 0.3) is 6.08 Å². The van der Waals surface area contributed by atoms with Crippen molar-refractivity contribution in [1.29, 1.82) is 0 Å². The van der Waals surface area contributed by atoms with E-state index in [1.165, 1.54) is 29.2 Å². The molecule has 3 rings (SSSR count). The van der Waals surface area contributed by atoms with Crippen LogP contribution in [0.2, 0.25) is 0 Å². The predicted octanol–water partition coefficient (Wildman–Crippen LogP) is 1.34. The van der Waals surface area contributed by atoms with Crippen molar-refractivity contribution in [2.45, 2.75) is 6.04 Å². The van der Waals surface area contributed by atoms with Crippen LogP contribution in [0.1, 0.15) is 17.2 Å². The van der Waals surface area contributed by atoms with Crippen molar-refractivity contribution in [3.8, 4) is 11.5 Å². The first-order valence-electron chi connectivity index (χ1n) is 8.84. The minimum absolute atomic E-state index is 0.0196. The Kier molecular flexibility index (Phi) is 5.90. The first-order valence-corrected chi connectivity index (χ1v) is 8.84. The number of nitrogens with one attached hydrogen (secondary N) is 2. The number of fused-ring (bicyclic) bond motifs is 1. The van der Waals surface area contributed by atoms with E-state index in [0.717, 1.165) is 5.56 Å². The molecule has 146 valence electrons. The number of likely N-dealkylation sites (N-methyl/N-ethyl adjacent to an activating group) is 1. The summed E-state index contributed by atoms with van der Waals surface area (Å²) in [6, 6.07) is 12.3. The molecule has 1 amide bonds. The number of hydrogen-bond acceptors (Lipinski definition) is 5.